The van der Waals surface area contributed by atoms with Crippen molar-refractivity contribution in [2.24, 2.45) is 0 Å². The maximum absolute atomic E-state index is 12.3. The molecule has 2 amide bonds. The van der Waals surface area contributed by atoms with Crippen LogP contribution in [0, 0.1) is 0 Å². The second-order valence-corrected chi connectivity index (χ2v) is 5.43. The van der Waals surface area contributed by atoms with Crippen LogP contribution in [-0.4, -0.2) is 32.1 Å². The number of amides is 2. The molecule has 25 heavy (non-hydrogen) atoms. The monoisotopic (exact) mass is 342 g/mol. The zero-order chi connectivity index (χ0) is 18.1. The Morgan fingerprint density at radius 3 is 2.60 bits per heavy atom. The molecule has 132 valence electrons. The van der Waals surface area contributed by atoms with Gasteiger partial charge in [0.05, 0.1) is 6.61 Å². The van der Waals surface area contributed by atoms with E-state index < -0.39 is 0 Å². The first-order valence-electron chi connectivity index (χ1n) is 7.95. The van der Waals surface area contributed by atoms with E-state index in [1.807, 2.05) is 18.2 Å². The molecule has 6 heteroatoms. The number of anilines is 1. The van der Waals surface area contributed by atoms with E-state index in [1.54, 1.807) is 37.4 Å². The molecule has 0 aliphatic carbocycles. The molecular weight excluding hydrogens is 320 g/mol. The highest BCUT2D eigenvalue weighted by atomic mass is 16.5. The van der Waals surface area contributed by atoms with Crippen LogP contribution in [0.5, 0.6) is 5.75 Å². The predicted molar refractivity (Wildman–Crippen MR) is 95.7 cm³/mol. The number of carbonyl (C=O) groups excluding carboxylic acids is 2. The van der Waals surface area contributed by atoms with Gasteiger partial charge in [0.1, 0.15) is 12.4 Å². The largest absolute Gasteiger partial charge is 0.491 e. The number of ether oxygens (including phenoxy) is 2. The maximum Gasteiger partial charge on any atom is 0.251 e. The predicted octanol–water partition coefficient (Wildman–Crippen LogP) is 2.60. The third-order valence-corrected chi connectivity index (χ3v) is 3.35. The summed E-state index contributed by atoms with van der Waals surface area (Å²) in [6.45, 7) is 2.73. The lowest BCUT2D eigenvalue weighted by Gasteiger charge is -2.09. The van der Waals surface area contributed by atoms with Crippen molar-refractivity contribution in [3.63, 3.8) is 0 Å². The van der Waals surface area contributed by atoms with E-state index >= 15 is 0 Å². The molecule has 0 saturated heterocycles. The average Bonchev–Trinajstić information content (AvgIpc) is 2.60. The molecule has 0 heterocycles. The number of hydrogen-bond donors (Lipinski definition) is 2. The Kier molecular flexibility index (Phi) is 6.98. The lowest BCUT2D eigenvalue weighted by Crippen LogP contribution is -2.22. The number of hydrogen-bond acceptors (Lipinski definition) is 4. The minimum Gasteiger partial charge on any atom is -0.491 e. The zero-order valence-corrected chi connectivity index (χ0v) is 14.4. The first-order valence-corrected chi connectivity index (χ1v) is 7.95. The molecule has 0 aliphatic rings. The van der Waals surface area contributed by atoms with E-state index in [0.717, 1.165) is 5.56 Å². The summed E-state index contributed by atoms with van der Waals surface area (Å²) in [5.41, 5.74) is 2.12. The highest BCUT2D eigenvalue weighted by Crippen LogP contribution is 2.14. The summed E-state index contributed by atoms with van der Waals surface area (Å²) < 4.78 is 10.4. The van der Waals surface area contributed by atoms with Gasteiger partial charge < -0.3 is 20.1 Å². The molecule has 0 unspecified atom stereocenters. The third kappa shape index (κ3) is 6.27. The summed E-state index contributed by atoms with van der Waals surface area (Å²) >= 11 is 0. The van der Waals surface area contributed by atoms with Crippen molar-refractivity contribution < 1.29 is 19.1 Å². The van der Waals surface area contributed by atoms with Gasteiger partial charge in [0, 0.05) is 31.8 Å². The van der Waals surface area contributed by atoms with Gasteiger partial charge >= 0.3 is 0 Å². The van der Waals surface area contributed by atoms with E-state index in [9.17, 15) is 9.59 Å². The summed E-state index contributed by atoms with van der Waals surface area (Å²) in [6, 6.07) is 14.3. The summed E-state index contributed by atoms with van der Waals surface area (Å²) in [5, 5.41) is 5.58. The Bertz CT molecular complexity index is 731. The molecule has 2 rings (SSSR count). The Hall–Kier alpha value is -2.86. The van der Waals surface area contributed by atoms with Gasteiger partial charge in [-0.1, -0.05) is 18.2 Å². The minimum absolute atomic E-state index is 0.133. The van der Waals surface area contributed by atoms with E-state index in [2.05, 4.69) is 10.6 Å². The Balaban J connectivity index is 1.93. The molecule has 2 aromatic carbocycles. The number of carbonyl (C=O) groups is 2. The van der Waals surface area contributed by atoms with Gasteiger partial charge in [-0.05, 0) is 35.9 Å². The summed E-state index contributed by atoms with van der Waals surface area (Å²) in [7, 11) is 1.61. The van der Waals surface area contributed by atoms with Crippen molar-refractivity contribution in [3.05, 3.63) is 59.7 Å². The molecule has 0 radical (unpaired) electrons. The number of benzene rings is 2. The summed E-state index contributed by atoms with van der Waals surface area (Å²) in [4.78, 5) is 23.4. The fourth-order valence-corrected chi connectivity index (χ4v) is 2.22. The van der Waals surface area contributed by atoms with Crippen LogP contribution in [0.2, 0.25) is 0 Å². The molecule has 2 aromatic rings. The van der Waals surface area contributed by atoms with Gasteiger partial charge in [0.15, 0.2) is 0 Å². The van der Waals surface area contributed by atoms with Gasteiger partial charge in [0.25, 0.3) is 5.91 Å². The fraction of sp³-hybridized carbons (Fsp3) is 0.263. The molecule has 0 atom stereocenters. The van der Waals surface area contributed by atoms with Gasteiger partial charge in [-0.15, -0.1) is 0 Å². The second-order valence-electron chi connectivity index (χ2n) is 5.43. The first kappa shape index (κ1) is 18.5. The van der Waals surface area contributed by atoms with Crippen LogP contribution >= 0.6 is 0 Å². The SMILES string of the molecule is COCCOc1cccc(C(=O)NCc2cccc(NC(C)=O)c2)c1. The topological polar surface area (TPSA) is 76.7 Å². The highest BCUT2D eigenvalue weighted by Gasteiger charge is 2.07. The van der Waals surface area contributed by atoms with Crippen molar-refractivity contribution in [2.75, 3.05) is 25.6 Å². The van der Waals surface area contributed by atoms with Crippen LogP contribution in [0.25, 0.3) is 0 Å². The quantitative estimate of drug-likeness (QED) is 0.723. The van der Waals surface area contributed by atoms with Crippen molar-refractivity contribution in [3.8, 4) is 5.75 Å². The molecule has 2 N–H and O–H groups in total. The van der Waals surface area contributed by atoms with Gasteiger partial charge in [-0.2, -0.15) is 0 Å². The number of rotatable bonds is 8. The molecule has 0 aliphatic heterocycles. The second kappa shape index (κ2) is 9.44. The Morgan fingerprint density at radius 2 is 1.84 bits per heavy atom. The van der Waals surface area contributed by atoms with Crippen LogP contribution in [-0.2, 0) is 16.1 Å². The molecule has 0 saturated carbocycles. The van der Waals surface area contributed by atoms with Gasteiger partial charge in [-0.3, -0.25) is 9.59 Å². The summed E-state index contributed by atoms with van der Waals surface area (Å²) in [5.74, 6) is 0.297. The molecular formula is C19H22N2O4. The summed E-state index contributed by atoms with van der Waals surface area (Å²) in [6.07, 6.45) is 0. The van der Waals surface area contributed by atoms with Crippen molar-refractivity contribution in [1.82, 2.24) is 5.32 Å². The van der Waals surface area contributed by atoms with Crippen molar-refractivity contribution in [2.45, 2.75) is 13.5 Å². The van der Waals surface area contributed by atoms with E-state index in [-0.39, 0.29) is 11.8 Å². The van der Waals surface area contributed by atoms with Crippen LogP contribution in [0.15, 0.2) is 48.5 Å². The number of nitrogens with one attached hydrogen (secondary N) is 2. The van der Waals surface area contributed by atoms with E-state index in [1.165, 1.54) is 6.92 Å². The van der Waals surface area contributed by atoms with Crippen LogP contribution in [0.3, 0.4) is 0 Å². The van der Waals surface area contributed by atoms with Crippen LogP contribution in [0.1, 0.15) is 22.8 Å². The van der Waals surface area contributed by atoms with Gasteiger partial charge in [0.2, 0.25) is 5.91 Å². The molecule has 0 aromatic heterocycles. The maximum atomic E-state index is 12.3. The standard InChI is InChI=1S/C19H22N2O4/c1-14(22)21-17-7-3-5-15(11-17)13-20-19(23)16-6-4-8-18(12-16)25-10-9-24-2/h3-8,11-12H,9-10,13H2,1-2H3,(H,20,23)(H,21,22). The Labute approximate surface area is 147 Å². The van der Waals surface area contributed by atoms with Crippen LogP contribution in [0.4, 0.5) is 5.69 Å². The van der Waals surface area contributed by atoms with Gasteiger partial charge in [-0.25, -0.2) is 0 Å². The third-order valence-electron chi connectivity index (χ3n) is 3.35. The van der Waals surface area contributed by atoms with E-state index in [0.29, 0.717) is 36.8 Å². The lowest BCUT2D eigenvalue weighted by molar-refractivity contribution is -0.114. The Morgan fingerprint density at radius 1 is 1.04 bits per heavy atom. The zero-order valence-electron chi connectivity index (χ0n) is 14.4. The van der Waals surface area contributed by atoms with Crippen molar-refractivity contribution >= 4 is 17.5 Å². The normalized spacial score (nSPS) is 10.2. The van der Waals surface area contributed by atoms with E-state index in [4.69, 9.17) is 9.47 Å². The molecule has 6 nitrogen and oxygen atoms in total. The number of methoxy groups -OCH3 is 1. The van der Waals surface area contributed by atoms with Crippen LogP contribution < -0.4 is 15.4 Å². The molecule has 0 bridgehead atoms. The first-order chi connectivity index (χ1) is 12.1. The van der Waals surface area contributed by atoms with Crippen molar-refractivity contribution in [1.29, 1.82) is 0 Å². The average molecular weight is 342 g/mol. The lowest BCUT2D eigenvalue weighted by atomic mass is 10.1. The molecule has 0 fully saturated rings. The fourth-order valence-electron chi connectivity index (χ4n) is 2.22. The smallest absolute Gasteiger partial charge is 0.251 e. The molecule has 0 spiro atoms. The minimum atomic E-state index is -0.192. The highest BCUT2D eigenvalue weighted by molar-refractivity contribution is 5.94.